The Morgan fingerprint density at radius 3 is 2.87 bits per heavy atom. The molecule has 1 radical (unpaired) electrons. The van der Waals surface area contributed by atoms with Crippen molar-refractivity contribution in [3.63, 3.8) is 0 Å². The van der Waals surface area contributed by atoms with E-state index in [1.807, 2.05) is 12.1 Å². The van der Waals surface area contributed by atoms with E-state index in [0.717, 1.165) is 10.5 Å². The first kappa shape index (κ1) is 15.0. The molecule has 23 heavy (non-hydrogen) atoms. The van der Waals surface area contributed by atoms with Gasteiger partial charge in [0.2, 0.25) is 0 Å². The Morgan fingerprint density at radius 1 is 1.30 bits per heavy atom. The van der Waals surface area contributed by atoms with Gasteiger partial charge < -0.3 is 10.2 Å². The van der Waals surface area contributed by atoms with Crippen molar-refractivity contribution in [1.29, 1.82) is 0 Å². The van der Waals surface area contributed by atoms with Crippen molar-refractivity contribution in [3.05, 3.63) is 75.3 Å². The molecule has 0 fully saturated rings. The van der Waals surface area contributed by atoms with E-state index in [4.69, 9.17) is 0 Å². The number of carbonyl (C=O) groups is 1. The predicted octanol–water partition coefficient (Wildman–Crippen LogP) is 2.82. The Morgan fingerprint density at radius 2 is 2.09 bits per heavy atom. The Hall–Kier alpha value is -2.93. The number of para-hydroxylation sites is 1. The van der Waals surface area contributed by atoms with Gasteiger partial charge in [0, 0.05) is 17.7 Å². The van der Waals surface area contributed by atoms with Crippen LogP contribution >= 0.6 is 0 Å². The minimum Gasteiger partial charge on any atom is -0.308 e. The minimum absolute atomic E-state index is 0.124. The van der Waals surface area contributed by atoms with Gasteiger partial charge in [-0.15, -0.1) is 0 Å². The van der Waals surface area contributed by atoms with Crippen LogP contribution in [0.3, 0.4) is 0 Å². The molecular formula is C16H12BN2O4. The average molecular weight is 307 g/mol. The van der Waals surface area contributed by atoms with E-state index in [9.17, 15) is 20.1 Å². The van der Waals surface area contributed by atoms with Crippen LogP contribution in [-0.2, 0) is 6.32 Å². The van der Waals surface area contributed by atoms with E-state index >= 15 is 0 Å². The van der Waals surface area contributed by atoms with Crippen molar-refractivity contribution in [3.8, 4) is 0 Å². The van der Waals surface area contributed by atoms with Gasteiger partial charge in [0.05, 0.1) is 10.6 Å². The Bertz CT molecular complexity index is 819. The fourth-order valence-electron chi connectivity index (χ4n) is 2.50. The second-order valence-corrected chi connectivity index (χ2v) is 5.09. The summed E-state index contributed by atoms with van der Waals surface area (Å²) in [6.07, 6.45) is 3.58. The van der Waals surface area contributed by atoms with Gasteiger partial charge in [-0.05, 0) is 29.6 Å². The van der Waals surface area contributed by atoms with Crippen molar-refractivity contribution in [2.75, 3.05) is 4.97 Å². The van der Waals surface area contributed by atoms with E-state index in [2.05, 4.69) is 0 Å². The predicted molar refractivity (Wildman–Crippen MR) is 86.6 cm³/mol. The van der Waals surface area contributed by atoms with Gasteiger partial charge in [0.15, 0.2) is 5.78 Å². The standard InChI is InChI=1S/C16H12BN2O4/c20-15(12-4-2-6-14(9-12)19(22)23)8-7-11-3-1-5-13-10-17-18(21)16(11)13/h1-9,21H,10H2/b8-7+. The topological polar surface area (TPSA) is 83.7 Å². The lowest BCUT2D eigenvalue weighted by Gasteiger charge is -2.13. The maximum atomic E-state index is 12.2. The molecule has 1 aliphatic rings. The lowest BCUT2D eigenvalue weighted by molar-refractivity contribution is -0.384. The number of nitro benzene ring substituents is 1. The minimum atomic E-state index is -0.538. The van der Waals surface area contributed by atoms with Crippen LogP contribution < -0.4 is 4.97 Å². The van der Waals surface area contributed by atoms with E-state index < -0.39 is 4.92 Å². The number of benzene rings is 2. The van der Waals surface area contributed by atoms with Gasteiger partial charge in [-0.2, -0.15) is 0 Å². The molecule has 3 rings (SSSR count). The van der Waals surface area contributed by atoms with Crippen molar-refractivity contribution in [1.82, 2.24) is 0 Å². The van der Waals surface area contributed by atoms with Crippen LogP contribution in [-0.4, -0.2) is 23.3 Å². The molecule has 0 saturated heterocycles. The van der Waals surface area contributed by atoms with Gasteiger partial charge in [-0.1, -0.05) is 30.3 Å². The van der Waals surface area contributed by atoms with Crippen LogP contribution in [0.1, 0.15) is 21.5 Å². The van der Waals surface area contributed by atoms with Crippen molar-refractivity contribution in [2.45, 2.75) is 6.32 Å². The molecular weight excluding hydrogens is 295 g/mol. The number of rotatable bonds is 4. The van der Waals surface area contributed by atoms with Gasteiger partial charge >= 0.3 is 0 Å². The Balaban J connectivity index is 1.87. The number of ketones is 1. The molecule has 0 spiro atoms. The lowest BCUT2D eigenvalue weighted by Crippen LogP contribution is -2.18. The molecule has 1 heterocycles. The van der Waals surface area contributed by atoms with Gasteiger partial charge in [0.25, 0.3) is 13.1 Å². The maximum Gasteiger partial charge on any atom is 0.290 e. The second kappa shape index (κ2) is 6.06. The number of nitrogens with zero attached hydrogens (tertiary/aromatic N) is 2. The summed E-state index contributed by atoms with van der Waals surface area (Å²) in [6.45, 7) is 0. The molecule has 2 aromatic rings. The van der Waals surface area contributed by atoms with Crippen LogP contribution in [0.2, 0.25) is 0 Å². The Kier molecular flexibility index (Phi) is 3.95. The van der Waals surface area contributed by atoms with Crippen molar-refractivity contribution in [2.24, 2.45) is 0 Å². The van der Waals surface area contributed by atoms with Crippen LogP contribution in [0.15, 0.2) is 48.5 Å². The molecule has 0 aliphatic carbocycles. The summed E-state index contributed by atoms with van der Waals surface area (Å²) in [6, 6.07) is 11.1. The van der Waals surface area contributed by atoms with Gasteiger partial charge in [-0.25, -0.2) is 0 Å². The lowest BCUT2D eigenvalue weighted by atomic mass is 9.90. The molecule has 1 aliphatic heterocycles. The van der Waals surface area contributed by atoms with Crippen LogP contribution in [0.5, 0.6) is 0 Å². The molecule has 0 amide bonds. The summed E-state index contributed by atoms with van der Waals surface area (Å²) in [5.74, 6) is -0.335. The highest BCUT2D eigenvalue weighted by Crippen LogP contribution is 2.30. The SMILES string of the molecule is O=C(/C=C/c1cccc2c1N(O)[B]C2)c1cccc([N+](=O)[O-])c1. The molecule has 0 saturated carbocycles. The summed E-state index contributed by atoms with van der Waals surface area (Å²) >= 11 is 0. The Labute approximate surface area is 133 Å². The fraction of sp³-hybridized carbons (Fsp3) is 0.0625. The van der Waals surface area contributed by atoms with E-state index in [1.165, 1.54) is 30.3 Å². The zero-order valence-corrected chi connectivity index (χ0v) is 12.0. The zero-order valence-electron chi connectivity index (χ0n) is 12.0. The number of fused-ring (bicyclic) bond motifs is 1. The molecule has 6 nitrogen and oxygen atoms in total. The third-order valence-electron chi connectivity index (χ3n) is 3.62. The largest absolute Gasteiger partial charge is 0.308 e. The average Bonchev–Trinajstić information content (AvgIpc) is 2.94. The highest BCUT2D eigenvalue weighted by molar-refractivity contribution is 6.43. The highest BCUT2D eigenvalue weighted by atomic mass is 16.6. The maximum absolute atomic E-state index is 12.2. The van der Waals surface area contributed by atoms with Crippen molar-refractivity contribution < 1.29 is 14.9 Å². The summed E-state index contributed by atoms with van der Waals surface area (Å²) in [4.78, 5) is 23.5. The van der Waals surface area contributed by atoms with Gasteiger partial charge in [-0.3, -0.25) is 14.9 Å². The molecule has 0 bridgehead atoms. The normalized spacial score (nSPS) is 13.0. The van der Waals surface area contributed by atoms with E-state index in [-0.39, 0.29) is 17.0 Å². The number of hydrogen-bond acceptors (Lipinski definition) is 5. The smallest absolute Gasteiger partial charge is 0.290 e. The van der Waals surface area contributed by atoms with Crippen LogP contribution in [0.4, 0.5) is 11.4 Å². The first-order chi connectivity index (χ1) is 11.1. The number of non-ortho nitro benzene ring substituents is 1. The molecule has 0 aromatic heterocycles. The number of nitro groups is 1. The van der Waals surface area contributed by atoms with E-state index in [1.54, 1.807) is 19.6 Å². The summed E-state index contributed by atoms with van der Waals surface area (Å²) in [5.41, 5.74) is 2.45. The monoisotopic (exact) mass is 307 g/mol. The summed E-state index contributed by atoms with van der Waals surface area (Å²) in [7, 11) is 1.64. The number of allylic oxidation sites excluding steroid dienone is 1. The quantitative estimate of drug-likeness (QED) is 0.309. The first-order valence-electron chi connectivity index (χ1n) is 6.96. The van der Waals surface area contributed by atoms with Crippen LogP contribution in [0, 0.1) is 10.1 Å². The van der Waals surface area contributed by atoms with Gasteiger partial charge in [0.1, 0.15) is 0 Å². The molecule has 0 atom stereocenters. The molecule has 113 valence electrons. The first-order valence-corrected chi connectivity index (χ1v) is 6.96. The highest BCUT2D eigenvalue weighted by Gasteiger charge is 2.21. The fourth-order valence-corrected chi connectivity index (χ4v) is 2.50. The summed E-state index contributed by atoms with van der Waals surface area (Å²) < 4.78 is 0. The third-order valence-corrected chi connectivity index (χ3v) is 3.62. The molecule has 0 unspecified atom stereocenters. The number of anilines is 1. The molecule has 1 N–H and O–H groups in total. The number of carbonyl (C=O) groups excluding carboxylic acids is 1. The molecule has 7 heteroatoms. The number of hydrogen-bond donors (Lipinski definition) is 1. The van der Waals surface area contributed by atoms with E-state index in [0.29, 0.717) is 17.6 Å². The molecule has 2 aromatic carbocycles. The summed E-state index contributed by atoms with van der Waals surface area (Å²) in [5, 5.41) is 20.6. The van der Waals surface area contributed by atoms with Crippen LogP contribution in [0.25, 0.3) is 6.08 Å². The second-order valence-electron chi connectivity index (χ2n) is 5.09. The third kappa shape index (κ3) is 3.00. The van der Waals surface area contributed by atoms with Crippen molar-refractivity contribution >= 4 is 30.6 Å². The zero-order chi connectivity index (χ0) is 16.4.